The number of alkyl carbamates (subject to hydrolysis) is 2. The second kappa shape index (κ2) is 6.26. The van der Waals surface area contributed by atoms with Gasteiger partial charge < -0.3 is 14.7 Å². The van der Waals surface area contributed by atoms with Crippen LogP contribution >= 0.6 is 0 Å². The van der Waals surface area contributed by atoms with Crippen molar-refractivity contribution in [2.45, 2.75) is 52.7 Å². The van der Waals surface area contributed by atoms with Gasteiger partial charge in [-0.15, -0.1) is 0 Å². The lowest BCUT2D eigenvalue weighted by Gasteiger charge is -2.21. The zero-order valence-electron chi connectivity index (χ0n) is 12.0. The molecule has 19 heavy (non-hydrogen) atoms. The van der Waals surface area contributed by atoms with Crippen molar-refractivity contribution in [1.82, 2.24) is 10.6 Å². The summed E-state index contributed by atoms with van der Waals surface area (Å²) in [5.41, 5.74) is -1.42. The fourth-order valence-electron chi connectivity index (χ4n) is 0.882. The lowest BCUT2D eigenvalue weighted by Crippen LogP contribution is -2.47. The number of carbonyl (C=O) groups excluding carboxylic acids is 2. The van der Waals surface area contributed by atoms with Gasteiger partial charge in [0.1, 0.15) is 11.2 Å². The number of amides is 2. The van der Waals surface area contributed by atoms with Gasteiger partial charge in [-0.05, 0) is 41.5 Å². The third-order valence-corrected chi connectivity index (χ3v) is 1.34. The highest BCUT2D eigenvalue weighted by molar-refractivity contribution is 6.01. The minimum atomic E-state index is -0.864. The first-order valence-corrected chi connectivity index (χ1v) is 5.65. The Hall–Kier alpha value is -1.99. The summed E-state index contributed by atoms with van der Waals surface area (Å²) in [4.78, 5) is 22.8. The molecule has 0 aliphatic rings. The van der Waals surface area contributed by atoms with Gasteiger partial charge >= 0.3 is 12.2 Å². The first kappa shape index (κ1) is 17.0. The largest absolute Gasteiger partial charge is 0.444 e. The number of carbonyl (C=O) groups is 2. The van der Waals surface area contributed by atoms with Gasteiger partial charge in [-0.25, -0.2) is 9.59 Å². The Labute approximate surface area is 112 Å². The number of nitrogens with zero attached hydrogens (tertiary/aromatic N) is 1. The highest BCUT2D eigenvalue weighted by atomic mass is 16.6. The Bertz CT molecular complexity index is 334. The van der Waals surface area contributed by atoms with Crippen LogP contribution in [-0.4, -0.2) is 34.6 Å². The average molecular weight is 275 g/mol. The van der Waals surface area contributed by atoms with E-state index in [0.717, 1.165) is 0 Å². The van der Waals surface area contributed by atoms with Crippen LogP contribution in [0.3, 0.4) is 0 Å². The third kappa shape index (κ3) is 9.69. The van der Waals surface area contributed by atoms with Crippen LogP contribution < -0.4 is 10.6 Å². The molecule has 0 atom stereocenters. The van der Waals surface area contributed by atoms with Crippen LogP contribution in [0.2, 0.25) is 0 Å². The number of nitrogens with one attached hydrogen (secondary N) is 2. The monoisotopic (exact) mass is 275 g/mol. The summed E-state index contributed by atoms with van der Waals surface area (Å²) in [7, 11) is 0. The molecular formula is C11H21N3O5. The van der Waals surface area contributed by atoms with E-state index in [2.05, 4.69) is 15.8 Å². The van der Waals surface area contributed by atoms with E-state index >= 15 is 0 Å². The van der Waals surface area contributed by atoms with Crippen molar-refractivity contribution in [1.29, 1.82) is 0 Å². The van der Waals surface area contributed by atoms with E-state index in [1.54, 1.807) is 41.5 Å². The van der Waals surface area contributed by atoms with Crippen molar-refractivity contribution in [2.24, 2.45) is 5.16 Å². The van der Waals surface area contributed by atoms with Gasteiger partial charge in [0.2, 0.25) is 0 Å². The minimum Gasteiger partial charge on any atom is -0.444 e. The summed E-state index contributed by atoms with van der Waals surface area (Å²) in [6, 6.07) is 0. The average Bonchev–Trinajstić information content (AvgIpc) is 2.10. The molecule has 8 nitrogen and oxygen atoms in total. The zero-order chi connectivity index (χ0) is 15.3. The Morgan fingerprint density at radius 1 is 0.895 bits per heavy atom. The number of ether oxygens (including phenoxy) is 2. The molecule has 0 bridgehead atoms. The van der Waals surface area contributed by atoms with Crippen LogP contribution in [0, 0.1) is 0 Å². The van der Waals surface area contributed by atoms with Crippen molar-refractivity contribution in [3.05, 3.63) is 0 Å². The lowest BCUT2D eigenvalue weighted by molar-refractivity contribution is 0.0541. The summed E-state index contributed by atoms with van der Waals surface area (Å²) in [6.07, 6.45) is -1.73. The molecule has 0 saturated heterocycles. The van der Waals surface area contributed by atoms with Gasteiger partial charge in [0.05, 0.1) is 0 Å². The molecular weight excluding hydrogens is 254 g/mol. The van der Waals surface area contributed by atoms with E-state index in [9.17, 15) is 9.59 Å². The maximum absolute atomic E-state index is 11.4. The van der Waals surface area contributed by atoms with Gasteiger partial charge in [0, 0.05) is 0 Å². The summed E-state index contributed by atoms with van der Waals surface area (Å²) in [6.45, 7) is 10.0. The van der Waals surface area contributed by atoms with Gasteiger partial charge in [0.15, 0.2) is 0 Å². The van der Waals surface area contributed by atoms with Crippen LogP contribution in [0.1, 0.15) is 41.5 Å². The number of oxime groups is 1. The molecule has 0 rings (SSSR count). The zero-order valence-corrected chi connectivity index (χ0v) is 12.0. The molecule has 0 radical (unpaired) electrons. The topological polar surface area (TPSA) is 109 Å². The second-order valence-electron chi connectivity index (χ2n) is 5.70. The highest BCUT2D eigenvalue weighted by Gasteiger charge is 2.21. The van der Waals surface area contributed by atoms with E-state index in [4.69, 9.17) is 14.7 Å². The Morgan fingerprint density at radius 2 is 1.21 bits per heavy atom. The predicted molar refractivity (Wildman–Crippen MR) is 68.0 cm³/mol. The van der Waals surface area contributed by atoms with Gasteiger partial charge in [0.25, 0.3) is 5.96 Å². The number of hydrogen-bond donors (Lipinski definition) is 3. The molecule has 0 aliphatic carbocycles. The molecule has 0 aliphatic heterocycles. The summed E-state index contributed by atoms with van der Waals surface area (Å²) in [5, 5.41) is 15.5. The van der Waals surface area contributed by atoms with Gasteiger partial charge in [-0.1, -0.05) is 5.16 Å². The normalized spacial score (nSPS) is 11.3. The molecule has 0 aromatic heterocycles. The Morgan fingerprint density at radius 3 is 1.42 bits per heavy atom. The molecule has 0 heterocycles. The Balaban J connectivity index is 4.39. The van der Waals surface area contributed by atoms with E-state index in [1.165, 1.54) is 0 Å². The van der Waals surface area contributed by atoms with Gasteiger partial charge in [-0.2, -0.15) is 0 Å². The van der Waals surface area contributed by atoms with Crippen molar-refractivity contribution < 1.29 is 24.3 Å². The molecule has 0 fully saturated rings. The molecule has 0 aromatic rings. The van der Waals surface area contributed by atoms with E-state index in [-0.39, 0.29) is 0 Å². The SMILES string of the molecule is CC(C)(C)OC(=O)NC(=NO)NC(=O)OC(C)(C)C. The molecule has 0 saturated carbocycles. The number of hydrogen-bond acceptors (Lipinski definition) is 6. The molecule has 0 unspecified atom stereocenters. The maximum Gasteiger partial charge on any atom is 0.414 e. The first-order valence-electron chi connectivity index (χ1n) is 5.65. The minimum absolute atomic E-state index is 0.483. The van der Waals surface area contributed by atoms with Crippen molar-refractivity contribution in [3.63, 3.8) is 0 Å². The standard InChI is InChI=1S/C11H21N3O5/c1-10(2,3)18-8(15)12-7(14-17)13-9(16)19-11(4,5)6/h17H,1-6H3,(H2,12,13,14,15,16). The summed E-state index contributed by atoms with van der Waals surface area (Å²) in [5.74, 6) is -0.483. The molecule has 110 valence electrons. The van der Waals surface area contributed by atoms with E-state index < -0.39 is 29.3 Å². The lowest BCUT2D eigenvalue weighted by atomic mass is 10.2. The van der Waals surface area contributed by atoms with Crippen LogP contribution in [-0.2, 0) is 9.47 Å². The smallest absolute Gasteiger partial charge is 0.414 e. The van der Waals surface area contributed by atoms with Gasteiger partial charge in [-0.3, -0.25) is 10.6 Å². The first-order chi connectivity index (χ1) is 8.43. The summed E-state index contributed by atoms with van der Waals surface area (Å²) >= 11 is 0. The van der Waals surface area contributed by atoms with Crippen LogP contribution in [0.4, 0.5) is 9.59 Å². The van der Waals surface area contributed by atoms with Crippen LogP contribution in [0.15, 0.2) is 5.16 Å². The molecule has 2 amide bonds. The van der Waals surface area contributed by atoms with Crippen molar-refractivity contribution in [2.75, 3.05) is 0 Å². The van der Waals surface area contributed by atoms with Crippen molar-refractivity contribution in [3.8, 4) is 0 Å². The predicted octanol–water partition coefficient (Wildman–Crippen LogP) is 1.78. The highest BCUT2D eigenvalue weighted by Crippen LogP contribution is 2.07. The second-order valence-corrected chi connectivity index (χ2v) is 5.70. The van der Waals surface area contributed by atoms with E-state index in [1.807, 2.05) is 0 Å². The summed E-state index contributed by atoms with van der Waals surface area (Å²) < 4.78 is 9.84. The quantitative estimate of drug-likeness (QED) is 0.270. The number of guanidine groups is 1. The molecule has 3 N–H and O–H groups in total. The molecule has 8 heteroatoms. The number of rotatable bonds is 0. The molecule has 0 aromatic carbocycles. The van der Waals surface area contributed by atoms with Crippen LogP contribution in [0.25, 0.3) is 0 Å². The Kier molecular flexibility index (Phi) is 5.60. The van der Waals surface area contributed by atoms with E-state index in [0.29, 0.717) is 0 Å². The molecule has 0 spiro atoms. The van der Waals surface area contributed by atoms with Crippen molar-refractivity contribution >= 4 is 18.1 Å². The maximum atomic E-state index is 11.4. The fraction of sp³-hybridized carbons (Fsp3) is 0.727. The fourth-order valence-corrected chi connectivity index (χ4v) is 0.882. The van der Waals surface area contributed by atoms with Crippen LogP contribution in [0.5, 0.6) is 0 Å². The third-order valence-electron chi connectivity index (χ3n) is 1.34.